The molecule has 2 saturated heterocycles. The maximum Gasteiger partial charge on any atom is 0.326 e. The summed E-state index contributed by atoms with van der Waals surface area (Å²) in [5, 5.41) is 107. The minimum Gasteiger partial charge on any atom is -0.480 e. The van der Waals surface area contributed by atoms with E-state index in [9.17, 15) is 93.6 Å². The molecule has 0 radical (unpaired) electrons. The predicted molar refractivity (Wildman–Crippen MR) is 285 cm³/mol. The summed E-state index contributed by atoms with van der Waals surface area (Å²) in [6.07, 6.45) is -9.17. The molecular formula is C50H88N12O19. The van der Waals surface area contributed by atoms with Gasteiger partial charge in [-0.15, -0.1) is 0 Å². The third kappa shape index (κ3) is 21.3. The largest absolute Gasteiger partial charge is 0.480 e. The number of carbonyl (C=O) groups is 11. The van der Waals surface area contributed by atoms with E-state index in [0.29, 0.717) is 32.2 Å². The Morgan fingerprint density at radius 2 is 0.840 bits per heavy atom. The van der Waals surface area contributed by atoms with Gasteiger partial charge >= 0.3 is 5.97 Å². The fourth-order valence-electron chi connectivity index (χ4n) is 8.89. The van der Waals surface area contributed by atoms with E-state index in [1.54, 1.807) is 13.8 Å². The van der Waals surface area contributed by atoms with Gasteiger partial charge in [0, 0.05) is 6.54 Å². The monoisotopic (exact) mass is 1160 g/mol. The second-order valence-electron chi connectivity index (χ2n) is 21.0. The first kappa shape index (κ1) is 70.9. The molecule has 2 rings (SSSR count). The molecule has 2 heterocycles. The first-order valence-electron chi connectivity index (χ1n) is 27.3. The number of aliphatic carboxylic acids is 1. The van der Waals surface area contributed by atoms with Gasteiger partial charge in [0.1, 0.15) is 60.4 Å². The quantitative estimate of drug-likeness (QED) is 0.0271. The van der Waals surface area contributed by atoms with Crippen molar-refractivity contribution in [3.05, 3.63) is 0 Å². The number of nitrogens with one attached hydrogen (secondary N) is 10. The van der Waals surface area contributed by atoms with E-state index in [1.165, 1.54) is 6.92 Å². The standard InChI is InChI=1S/C50H88N12O19/c1-10-21(2)32(54-41(71)31-17-14-20-62(31)49(79)39(28(9)69)61-48(78)38(27(8)68)60-44(74)34(23(4)64)55-40(70)29-16-13-19-52-29)42(72)56-35(24(5)65)45(75)58-37(26(7)67)47(77)59-36(25(6)66)46(76)57-33(22(3)63)43(73)53-30(50(80)81)15-11-12-18-51/h21-39,52,63-69H,10-20,51H2,1-9H3,(H,53,73)(H,54,71)(H,55,70)(H,56,72)(H,57,76)(H,58,75)(H,59,77)(H,60,74)(H,61,78)(H,80,81)/t21-,22+,23+,24+,25+,26+,27+,28+,29-,30-,31-,32-,33-,34-,35-,36-,37-,38-,39-/m0/s1. The van der Waals surface area contributed by atoms with Crippen LogP contribution >= 0.6 is 0 Å². The van der Waals surface area contributed by atoms with Crippen molar-refractivity contribution < 1.29 is 93.6 Å². The third-order valence-corrected chi connectivity index (χ3v) is 14.0. The summed E-state index contributed by atoms with van der Waals surface area (Å²) < 4.78 is 0. The number of nitrogens with zero attached hydrogens (tertiary/aromatic N) is 1. The van der Waals surface area contributed by atoms with Crippen LogP contribution in [-0.4, -0.2) is 240 Å². The van der Waals surface area contributed by atoms with Crippen molar-refractivity contribution in [1.82, 2.24) is 58.1 Å². The topological polar surface area (TPSA) is 499 Å². The Morgan fingerprint density at radius 1 is 0.481 bits per heavy atom. The lowest BCUT2D eigenvalue weighted by Crippen LogP contribution is -2.65. The van der Waals surface area contributed by atoms with Gasteiger partial charge in [0.05, 0.1) is 48.8 Å². The number of unbranched alkanes of at least 4 members (excludes halogenated alkanes) is 1. The van der Waals surface area contributed by atoms with Crippen LogP contribution in [-0.2, 0) is 52.7 Å². The number of carboxylic acids is 1. The number of aliphatic hydroxyl groups excluding tert-OH is 7. The van der Waals surface area contributed by atoms with Crippen LogP contribution in [0.5, 0.6) is 0 Å². The average molecular weight is 1160 g/mol. The van der Waals surface area contributed by atoms with Gasteiger partial charge in [-0.25, -0.2) is 4.79 Å². The molecule has 0 aromatic heterocycles. The SMILES string of the molecule is CC[C@H](C)[C@H](NC(=O)[C@@H]1CCCN1C(=O)[C@@H](NC(=O)[C@@H](NC(=O)[C@@H](NC(=O)[C@@H]1CCCN1)[C@@H](C)O)[C@@H](C)O)[C@@H](C)O)C(=O)N[C@H](C(=O)N[C@H](C(=O)N[C@H](C(=O)N[C@H](C(=O)N[C@@H](CCCCN)C(=O)O)[C@@H](C)O)[C@@H](C)O)[C@@H](C)O)[C@@H](C)O. The molecule has 2 aliphatic rings. The van der Waals surface area contributed by atoms with E-state index in [0.717, 1.165) is 46.4 Å². The van der Waals surface area contributed by atoms with E-state index in [1.807, 2.05) is 0 Å². The second-order valence-corrected chi connectivity index (χ2v) is 21.0. The zero-order valence-electron chi connectivity index (χ0n) is 47.3. The van der Waals surface area contributed by atoms with Crippen molar-refractivity contribution in [1.29, 1.82) is 0 Å². The molecule has 19 atom stereocenters. The Hall–Kier alpha value is -6.19. The van der Waals surface area contributed by atoms with Crippen molar-refractivity contribution in [2.24, 2.45) is 11.7 Å². The Balaban J connectivity index is 2.27. The van der Waals surface area contributed by atoms with Crippen LogP contribution in [0.1, 0.15) is 114 Å². The number of rotatable bonds is 33. The smallest absolute Gasteiger partial charge is 0.326 e. The molecule has 0 bridgehead atoms. The normalized spacial score (nSPS) is 21.5. The van der Waals surface area contributed by atoms with Crippen LogP contribution in [0.2, 0.25) is 0 Å². The number of nitrogens with two attached hydrogens (primary N) is 1. The molecule has 31 nitrogen and oxygen atoms in total. The van der Waals surface area contributed by atoms with Gasteiger partial charge in [0.25, 0.3) is 0 Å². The lowest BCUT2D eigenvalue weighted by molar-refractivity contribution is -0.145. The number of likely N-dealkylation sites (tertiary alicyclic amines) is 1. The number of hydrogen-bond acceptors (Lipinski definition) is 20. The zero-order chi connectivity index (χ0) is 61.7. The Bertz CT molecular complexity index is 2160. The fraction of sp³-hybridized carbons (Fsp3) is 0.780. The Morgan fingerprint density at radius 3 is 1.19 bits per heavy atom. The molecule has 10 amide bonds. The number of carbonyl (C=O) groups excluding carboxylic acids is 10. The molecule has 0 aromatic carbocycles. The Kier molecular flexibility index (Phi) is 29.5. The van der Waals surface area contributed by atoms with E-state index >= 15 is 0 Å². The second kappa shape index (κ2) is 33.7. The summed E-state index contributed by atoms with van der Waals surface area (Å²) in [4.78, 5) is 149. The Labute approximate surface area is 469 Å². The van der Waals surface area contributed by atoms with Gasteiger partial charge in [-0.2, -0.15) is 0 Å². The number of amides is 10. The van der Waals surface area contributed by atoms with Crippen LogP contribution < -0.4 is 58.9 Å². The van der Waals surface area contributed by atoms with Gasteiger partial charge in [0.15, 0.2) is 0 Å². The lowest BCUT2D eigenvalue weighted by atomic mass is 9.96. The maximum absolute atomic E-state index is 14.1. The summed E-state index contributed by atoms with van der Waals surface area (Å²) in [5.74, 6) is -12.7. The van der Waals surface area contributed by atoms with Crippen molar-refractivity contribution in [3.63, 3.8) is 0 Å². The molecule has 0 aromatic rings. The van der Waals surface area contributed by atoms with Gasteiger partial charge in [0.2, 0.25) is 59.1 Å². The number of hydrogen-bond donors (Lipinski definition) is 19. The van der Waals surface area contributed by atoms with Gasteiger partial charge in [-0.1, -0.05) is 20.3 Å². The molecule has 2 aliphatic heterocycles. The van der Waals surface area contributed by atoms with Crippen molar-refractivity contribution >= 4 is 65.0 Å². The third-order valence-electron chi connectivity index (χ3n) is 14.0. The molecule has 0 saturated carbocycles. The molecule has 31 heteroatoms. The minimum atomic E-state index is -1.96. The van der Waals surface area contributed by atoms with Crippen LogP contribution in [0.3, 0.4) is 0 Å². The summed E-state index contributed by atoms with van der Waals surface area (Å²) in [6.45, 7) is 11.8. The first-order valence-corrected chi connectivity index (χ1v) is 27.3. The molecular weight excluding hydrogens is 1070 g/mol. The minimum absolute atomic E-state index is 0.0286. The van der Waals surface area contributed by atoms with E-state index in [4.69, 9.17) is 5.73 Å². The van der Waals surface area contributed by atoms with Crippen LogP contribution in [0.4, 0.5) is 0 Å². The fourth-order valence-corrected chi connectivity index (χ4v) is 8.89. The molecule has 0 aliphatic carbocycles. The van der Waals surface area contributed by atoms with Crippen molar-refractivity contribution in [2.45, 2.75) is 223 Å². The highest BCUT2D eigenvalue weighted by Crippen LogP contribution is 2.21. The van der Waals surface area contributed by atoms with Crippen LogP contribution in [0, 0.1) is 5.92 Å². The summed E-state index contributed by atoms with van der Waals surface area (Å²) >= 11 is 0. The van der Waals surface area contributed by atoms with Crippen LogP contribution in [0.15, 0.2) is 0 Å². The van der Waals surface area contributed by atoms with Gasteiger partial charge < -0.3 is 105 Å². The van der Waals surface area contributed by atoms with Crippen molar-refractivity contribution in [3.8, 4) is 0 Å². The first-order chi connectivity index (χ1) is 37.8. The highest BCUT2D eigenvalue weighted by molar-refractivity contribution is 5.99. The predicted octanol–water partition coefficient (Wildman–Crippen LogP) is -7.98. The van der Waals surface area contributed by atoms with Crippen LogP contribution in [0.25, 0.3) is 0 Å². The molecule has 20 N–H and O–H groups in total. The summed E-state index contributed by atoms with van der Waals surface area (Å²) in [5.41, 5.74) is 5.47. The molecule has 0 spiro atoms. The molecule has 81 heavy (non-hydrogen) atoms. The molecule has 462 valence electrons. The lowest BCUT2D eigenvalue weighted by Gasteiger charge is -2.33. The maximum atomic E-state index is 14.1. The summed E-state index contributed by atoms with van der Waals surface area (Å²) in [6, 6.07) is -17.6. The van der Waals surface area contributed by atoms with Gasteiger partial charge in [-0.3, -0.25) is 47.9 Å². The van der Waals surface area contributed by atoms with E-state index in [-0.39, 0.29) is 38.8 Å². The highest BCUT2D eigenvalue weighted by Gasteiger charge is 2.44. The van der Waals surface area contributed by atoms with E-state index in [2.05, 4.69) is 53.2 Å². The van der Waals surface area contributed by atoms with Gasteiger partial charge in [-0.05, 0) is 112 Å². The van der Waals surface area contributed by atoms with Crippen molar-refractivity contribution in [2.75, 3.05) is 19.6 Å². The highest BCUT2D eigenvalue weighted by atomic mass is 16.4. The average Bonchev–Trinajstić information content (AvgIpc) is 4.21. The molecule has 0 unspecified atom stereocenters. The van der Waals surface area contributed by atoms with E-state index < -0.39 is 180 Å². The molecule has 2 fully saturated rings. The number of aliphatic hydroxyl groups is 7. The summed E-state index contributed by atoms with van der Waals surface area (Å²) in [7, 11) is 0. The zero-order valence-corrected chi connectivity index (χ0v) is 47.3. The number of carboxylic acid groups (broad SMARTS) is 1.